The fraction of sp³-hybridized carbons (Fsp3) is 0.500. The Bertz CT molecular complexity index is 1120. The van der Waals surface area contributed by atoms with Crippen LogP contribution in [-0.2, 0) is 23.0 Å². The van der Waals surface area contributed by atoms with Crippen molar-refractivity contribution in [2.45, 2.75) is 38.1 Å². The lowest BCUT2D eigenvalue weighted by atomic mass is 9.81. The zero-order valence-corrected chi connectivity index (χ0v) is 18.3. The average molecular weight is 438 g/mol. The lowest BCUT2D eigenvalue weighted by molar-refractivity contribution is -0.123. The van der Waals surface area contributed by atoms with Gasteiger partial charge in [-0.2, -0.15) is 0 Å². The maximum atomic E-state index is 14.6. The number of ketones is 1. The number of carbonyl (C=O) groups excluding carboxylic acids is 1. The molecule has 5 rings (SSSR count). The summed E-state index contributed by atoms with van der Waals surface area (Å²) in [6.45, 7) is 3.62. The van der Waals surface area contributed by atoms with Crippen LogP contribution in [0, 0.1) is 11.7 Å². The molecule has 7 nitrogen and oxygen atoms in total. The van der Waals surface area contributed by atoms with E-state index in [1.807, 2.05) is 12.1 Å². The number of morpholine rings is 1. The van der Waals surface area contributed by atoms with Crippen LogP contribution in [0.1, 0.15) is 31.4 Å². The molecule has 1 saturated carbocycles. The molecular formula is C24H28FN5O2. The lowest BCUT2D eigenvalue weighted by Gasteiger charge is -2.38. The summed E-state index contributed by atoms with van der Waals surface area (Å²) in [6, 6.07) is 5.73. The summed E-state index contributed by atoms with van der Waals surface area (Å²) in [5.41, 5.74) is 1.96. The molecule has 0 N–H and O–H groups in total. The number of ether oxygens (including phenoxy) is 1. The summed E-state index contributed by atoms with van der Waals surface area (Å²) in [5, 5.41) is 9.16. The van der Waals surface area contributed by atoms with Crippen molar-refractivity contribution in [2.75, 3.05) is 26.3 Å². The van der Waals surface area contributed by atoms with Crippen molar-refractivity contribution in [3.8, 4) is 11.3 Å². The van der Waals surface area contributed by atoms with Gasteiger partial charge in [-0.15, -0.1) is 5.10 Å². The smallest absolute Gasteiger partial charge is 0.141 e. The van der Waals surface area contributed by atoms with E-state index in [4.69, 9.17) is 4.74 Å². The van der Waals surface area contributed by atoms with E-state index in [2.05, 4.69) is 20.2 Å². The molecule has 32 heavy (non-hydrogen) atoms. The number of hydrogen-bond acceptors (Lipinski definition) is 6. The molecular weight excluding hydrogens is 409 g/mol. The molecule has 3 aromatic rings. The number of rotatable bonds is 5. The van der Waals surface area contributed by atoms with Gasteiger partial charge in [0.15, 0.2) is 0 Å². The molecule has 0 atom stereocenters. The maximum Gasteiger partial charge on any atom is 0.141 e. The van der Waals surface area contributed by atoms with Crippen LogP contribution in [0.25, 0.3) is 22.0 Å². The molecule has 168 valence electrons. The summed E-state index contributed by atoms with van der Waals surface area (Å²) in [6.07, 6.45) is 7.56. The number of hydrogen-bond donors (Lipinski definition) is 0. The predicted octanol–water partition coefficient (Wildman–Crippen LogP) is 3.17. The highest BCUT2D eigenvalue weighted by Crippen LogP contribution is 2.30. The summed E-state index contributed by atoms with van der Waals surface area (Å²) in [4.78, 5) is 19.9. The number of Topliss-reactive ketones (excluding diaryl/α,β-unsaturated/α-hetero) is 1. The Balaban J connectivity index is 1.27. The molecule has 1 saturated heterocycles. The number of aryl methyl sites for hydroxylation is 1. The van der Waals surface area contributed by atoms with Crippen LogP contribution in [0.15, 0.2) is 30.6 Å². The molecule has 0 spiro atoms. The van der Waals surface area contributed by atoms with Gasteiger partial charge in [-0.3, -0.25) is 19.4 Å². The second-order valence-corrected chi connectivity index (χ2v) is 8.93. The first-order valence-corrected chi connectivity index (χ1v) is 11.4. The number of benzene rings is 1. The van der Waals surface area contributed by atoms with E-state index in [9.17, 15) is 9.18 Å². The van der Waals surface area contributed by atoms with E-state index in [0.717, 1.165) is 57.4 Å². The van der Waals surface area contributed by atoms with Crippen LogP contribution in [0.2, 0.25) is 0 Å². The molecule has 2 aliphatic rings. The zero-order valence-electron chi connectivity index (χ0n) is 18.3. The quantitative estimate of drug-likeness (QED) is 0.611. The minimum absolute atomic E-state index is 0.0902. The highest BCUT2D eigenvalue weighted by Gasteiger charge is 2.30. The molecule has 1 aromatic carbocycles. The Labute approximate surface area is 186 Å². The van der Waals surface area contributed by atoms with Crippen LogP contribution in [0.5, 0.6) is 0 Å². The minimum atomic E-state index is -0.352. The summed E-state index contributed by atoms with van der Waals surface area (Å²) < 4.78 is 21.7. The normalized spacial score (nSPS) is 22.3. The van der Waals surface area contributed by atoms with Gasteiger partial charge in [-0.25, -0.2) is 4.39 Å². The second kappa shape index (κ2) is 9.03. The Morgan fingerprint density at radius 1 is 1.16 bits per heavy atom. The van der Waals surface area contributed by atoms with Crippen LogP contribution < -0.4 is 0 Å². The average Bonchev–Trinajstić information content (AvgIpc) is 3.26. The third-order valence-electron chi connectivity index (χ3n) is 6.81. The predicted molar refractivity (Wildman–Crippen MR) is 119 cm³/mol. The number of halogens is 1. The number of carbonyl (C=O) groups is 1. The molecule has 1 aliphatic heterocycles. The fourth-order valence-electron chi connectivity index (χ4n) is 5.01. The molecule has 0 bridgehead atoms. The molecule has 2 aromatic heterocycles. The van der Waals surface area contributed by atoms with Crippen LogP contribution in [0.3, 0.4) is 0 Å². The van der Waals surface area contributed by atoms with Crippen molar-refractivity contribution in [1.29, 1.82) is 0 Å². The number of fused-ring (bicyclic) bond motifs is 1. The zero-order chi connectivity index (χ0) is 22.1. The van der Waals surface area contributed by atoms with Gasteiger partial charge in [0.2, 0.25) is 0 Å². The topological polar surface area (TPSA) is 73.1 Å². The van der Waals surface area contributed by atoms with Gasteiger partial charge in [0, 0.05) is 61.4 Å². The Hall–Kier alpha value is -2.71. The van der Waals surface area contributed by atoms with E-state index in [1.165, 1.54) is 12.3 Å². The van der Waals surface area contributed by atoms with E-state index in [-0.39, 0.29) is 17.5 Å². The minimum Gasteiger partial charge on any atom is -0.379 e. The van der Waals surface area contributed by atoms with Crippen molar-refractivity contribution in [2.24, 2.45) is 13.0 Å². The first kappa shape index (κ1) is 21.2. The van der Waals surface area contributed by atoms with E-state index < -0.39 is 0 Å². The summed E-state index contributed by atoms with van der Waals surface area (Å²) in [5.74, 6) is -0.0229. The third-order valence-corrected chi connectivity index (χ3v) is 6.81. The fourth-order valence-corrected chi connectivity index (χ4v) is 5.01. The van der Waals surface area contributed by atoms with Gasteiger partial charge in [-0.05, 0) is 49.3 Å². The van der Waals surface area contributed by atoms with Crippen molar-refractivity contribution in [3.05, 3.63) is 42.1 Å². The van der Waals surface area contributed by atoms with Crippen molar-refractivity contribution in [1.82, 2.24) is 24.9 Å². The molecule has 0 unspecified atom stereocenters. The van der Waals surface area contributed by atoms with E-state index in [1.54, 1.807) is 17.9 Å². The van der Waals surface area contributed by atoms with Gasteiger partial charge in [0.25, 0.3) is 0 Å². The maximum absolute atomic E-state index is 14.6. The van der Waals surface area contributed by atoms with Gasteiger partial charge >= 0.3 is 0 Å². The Morgan fingerprint density at radius 3 is 2.66 bits per heavy atom. The molecule has 0 amide bonds. The van der Waals surface area contributed by atoms with Gasteiger partial charge in [0.05, 0.1) is 19.4 Å². The second-order valence-electron chi connectivity index (χ2n) is 8.93. The molecule has 1 aliphatic carbocycles. The number of nitrogens with zero attached hydrogens (tertiary/aromatic N) is 5. The van der Waals surface area contributed by atoms with Crippen LogP contribution in [0.4, 0.5) is 4.39 Å². The van der Waals surface area contributed by atoms with Gasteiger partial charge in [-0.1, -0.05) is 5.21 Å². The first-order valence-electron chi connectivity index (χ1n) is 11.4. The first-order chi connectivity index (χ1) is 15.6. The lowest BCUT2D eigenvalue weighted by Crippen LogP contribution is -2.45. The third kappa shape index (κ3) is 4.42. The highest BCUT2D eigenvalue weighted by atomic mass is 19.1. The van der Waals surface area contributed by atoms with Crippen molar-refractivity contribution >= 4 is 16.6 Å². The molecule has 0 radical (unpaired) electrons. The molecule has 2 fully saturated rings. The summed E-state index contributed by atoms with van der Waals surface area (Å²) in [7, 11) is 1.77. The van der Waals surface area contributed by atoms with E-state index >= 15 is 0 Å². The molecule has 8 heteroatoms. The largest absolute Gasteiger partial charge is 0.379 e. The van der Waals surface area contributed by atoms with Gasteiger partial charge in [0.1, 0.15) is 17.3 Å². The molecule has 3 heterocycles. The van der Waals surface area contributed by atoms with Crippen molar-refractivity contribution in [3.63, 3.8) is 0 Å². The monoisotopic (exact) mass is 437 g/mol. The standard InChI is InChI=1S/C24H28FN5O2/c1-29-15-23(27-28-29)18-10-17-11-19(26-14-21(17)22(25)12-18)13-24(31)16-2-4-20(5-3-16)30-6-8-32-9-7-30/h10-12,14-16,20H,2-9,13H2,1H3. The highest BCUT2D eigenvalue weighted by molar-refractivity contribution is 5.88. The van der Waals surface area contributed by atoms with E-state index in [0.29, 0.717) is 34.8 Å². The Morgan fingerprint density at radius 2 is 1.94 bits per heavy atom. The number of pyridine rings is 1. The van der Waals surface area contributed by atoms with Crippen molar-refractivity contribution < 1.29 is 13.9 Å². The Kier molecular flexibility index (Phi) is 5.97. The number of aromatic nitrogens is 4. The van der Waals surface area contributed by atoms with Crippen LogP contribution >= 0.6 is 0 Å². The van der Waals surface area contributed by atoms with Gasteiger partial charge < -0.3 is 4.74 Å². The SMILES string of the molecule is Cn1cc(-c2cc(F)c3cnc(CC(=O)C4CCC(N5CCOCC5)CC4)cc3c2)nn1. The van der Waals surface area contributed by atoms with Crippen LogP contribution in [-0.4, -0.2) is 63.0 Å². The summed E-state index contributed by atoms with van der Waals surface area (Å²) >= 11 is 0.